The van der Waals surface area contributed by atoms with Crippen molar-refractivity contribution in [3.05, 3.63) is 34.8 Å². The number of Topliss-reactive ketones (excluding diaryl/α,β-unsaturated/α-hetero) is 1. The number of ketones is 1. The fourth-order valence-corrected chi connectivity index (χ4v) is 4.29. The minimum Gasteiger partial charge on any atom is -0.454 e. The van der Waals surface area contributed by atoms with E-state index >= 15 is 0 Å². The molecule has 1 aliphatic heterocycles. The van der Waals surface area contributed by atoms with Gasteiger partial charge in [-0.2, -0.15) is 0 Å². The quantitative estimate of drug-likeness (QED) is 0.368. The van der Waals surface area contributed by atoms with Crippen molar-refractivity contribution in [1.82, 2.24) is 10.3 Å². The van der Waals surface area contributed by atoms with Crippen LogP contribution in [0.25, 0.3) is 0 Å². The van der Waals surface area contributed by atoms with Crippen molar-refractivity contribution in [2.75, 3.05) is 19.1 Å². The normalized spacial score (nSPS) is 12.2. The van der Waals surface area contributed by atoms with Crippen molar-refractivity contribution in [3.8, 4) is 11.5 Å². The molecule has 0 atom stereocenters. The molecule has 2 heterocycles. The molecule has 1 N–H and O–H groups in total. The molecule has 0 saturated carbocycles. The van der Waals surface area contributed by atoms with Crippen LogP contribution in [0.5, 0.6) is 11.5 Å². The summed E-state index contributed by atoms with van der Waals surface area (Å²) in [6.45, 7) is 3.03. The molecular weight excluding hydrogens is 384 g/mol. The average Bonchev–Trinajstić information content (AvgIpc) is 3.31. The number of rotatable bonds is 10. The van der Waals surface area contributed by atoms with Gasteiger partial charge in [0.05, 0.1) is 17.9 Å². The van der Waals surface area contributed by atoms with Gasteiger partial charge >= 0.3 is 0 Å². The van der Waals surface area contributed by atoms with Crippen LogP contribution in [0.2, 0.25) is 0 Å². The zero-order valence-electron chi connectivity index (χ0n) is 15.2. The molecule has 0 unspecified atom stereocenters. The number of thioether (sulfide) groups is 1. The van der Waals surface area contributed by atoms with Crippen LogP contribution in [0.15, 0.2) is 27.9 Å². The maximum atomic E-state index is 12.4. The van der Waals surface area contributed by atoms with Gasteiger partial charge in [0.15, 0.2) is 21.6 Å². The molecule has 0 bridgehead atoms. The number of carbonyl (C=O) groups excluding carboxylic acids is 2. The van der Waals surface area contributed by atoms with Gasteiger partial charge in [-0.25, -0.2) is 4.98 Å². The topological polar surface area (TPSA) is 77.5 Å². The molecule has 27 heavy (non-hydrogen) atoms. The summed E-state index contributed by atoms with van der Waals surface area (Å²) in [4.78, 5) is 28.7. The van der Waals surface area contributed by atoms with E-state index in [9.17, 15) is 9.59 Å². The van der Waals surface area contributed by atoms with Crippen LogP contribution < -0.4 is 14.8 Å². The van der Waals surface area contributed by atoms with Gasteiger partial charge in [-0.05, 0) is 24.6 Å². The van der Waals surface area contributed by atoms with Crippen molar-refractivity contribution >= 4 is 34.8 Å². The Morgan fingerprint density at radius 3 is 2.96 bits per heavy atom. The fourth-order valence-electron chi connectivity index (χ4n) is 2.55. The molecule has 0 saturated heterocycles. The van der Waals surface area contributed by atoms with Crippen molar-refractivity contribution in [1.29, 1.82) is 0 Å². The van der Waals surface area contributed by atoms with Crippen molar-refractivity contribution in [2.45, 2.75) is 36.9 Å². The summed E-state index contributed by atoms with van der Waals surface area (Å²) in [5.41, 5.74) is 1.33. The minimum absolute atomic E-state index is 0.00344. The van der Waals surface area contributed by atoms with E-state index in [1.807, 2.05) is 5.38 Å². The third-order valence-electron chi connectivity index (χ3n) is 4.00. The third-order valence-corrected chi connectivity index (χ3v) is 6.07. The first-order valence-electron chi connectivity index (χ1n) is 8.92. The van der Waals surface area contributed by atoms with E-state index in [1.165, 1.54) is 23.1 Å². The molecule has 1 amide bonds. The summed E-state index contributed by atoms with van der Waals surface area (Å²) in [5, 5.41) is 4.78. The van der Waals surface area contributed by atoms with Gasteiger partial charge < -0.3 is 14.8 Å². The van der Waals surface area contributed by atoms with E-state index in [1.54, 1.807) is 18.2 Å². The van der Waals surface area contributed by atoms with Crippen molar-refractivity contribution in [2.24, 2.45) is 0 Å². The number of nitrogens with one attached hydrogen (secondary N) is 1. The van der Waals surface area contributed by atoms with Crippen LogP contribution in [0.4, 0.5) is 0 Å². The van der Waals surface area contributed by atoms with Gasteiger partial charge in [0.1, 0.15) is 0 Å². The highest BCUT2D eigenvalue weighted by molar-refractivity contribution is 8.01. The predicted molar refractivity (Wildman–Crippen MR) is 106 cm³/mol. The molecule has 3 rings (SSSR count). The lowest BCUT2D eigenvalue weighted by Crippen LogP contribution is -2.26. The second kappa shape index (κ2) is 9.75. The molecule has 6 nitrogen and oxygen atoms in total. The van der Waals surface area contributed by atoms with Gasteiger partial charge in [0, 0.05) is 17.5 Å². The number of fused-ring (bicyclic) bond motifs is 1. The minimum atomic E-state index is -0.00982. The Labute approximate surface area is 166 Å². The Balaban J connectivity index is 1.45. The molecule has 0 spiro atoms. The van der Waals surface area contributed by atoms with Crippen LogP contribution in [0, 0.1) is 0 Å². The third kappa shape index (κ3) is 5.71. The van der Waals surface area contributed by atoms with Gasteiger partial charge in [0.2, 0.25) is 12.7 Å². The molecule has 0 aliphatic carbocycles. The zero-order valence-corrected chi connectivity index (χ0v) is 16.8. The Kier molecular flexibility index (Phi) is 7.11. The fraction of sp³-hybridized carbons (Fsp3) is 0.421. The van der Waals surface area contributed by atoms with E-state index in [2.05, 4.69) is 17.2 Å². The van der Waals surface area contributed by atoms with E-state index in [0.717, 1.165) is 29.3 Å². The van der Waals surface area contributed by atoms with Crippen molar-refractivity contribution in [3.63, 3.8) is 0 Å². The molecule has 0 radical (unpaired) electrons. The van der Waals surface area contributed by atoms with E-state index in [-0.39, 0.29) is 30.7 Å². The Morgan fingerprint density at radius 1 is 1.26 bits per heavy atom. The van der Waals surface area contributed by atoms with Gasteiger partial charge in [0.25, 0.3) is 0 Å². The molecule has 144 valence electrons. The van der Waals surface area contributed by atoms with Gasteiger partial charge in [-0.3, -0.25) is 9.59 Å². The standard InChI is InChI=1S/C19H22N2O4S2/c1-2-3-4-7-20-18(23)9-14-10-26-19(21-14)27-11-15(22)13-5-6-16-17(8-13)25-12-24-16/h5-6,8,10H,2-4,7,9,11-12H2,1H3,(H,20,23). The molecule has 1 aromatic carbocycles. The van der Waals surface area contributed by atoms with Crippen molar-refractivity contribution < 1.29 is 19.1 Å². The Morgan fingerprint density at radius 2 is 2.11 bits per heavy atom. The number of amides is 1. The smallest absolute Gasteiger partial charge is 0.231 e. The number of carbonyl (C=O) groups is 2. The Hall–Kier alpha value is -2.06. The number of benzene rings is 1. The number of thiazole rings is 1. The number of hydrogen-bond donors (Lipinski definition) is 1. The summed E-state index contributed by atoms with van der Waals surface area (Å²) >= 11 is 2.84. The number of aromatic nitrogens is 1. The molecule has 1 aliphatic rings. The molecule has 8 heteroatoms. The Bertz CT molecular complexity index is 807. The van der Waals surface area contributed by atoms with Crippen LogP contribution in [-0.2, 0) is 11.2 Å². The average molecular weight is 407 g/mol. The lowest BCUT2D eigenvalue weighted by Gasteiger charge is -2.03. The number of nitrogens with zero attached hydrogens (tertiary/aromatic N) is 1. The number of unbranched alkanes of at least 4 members (excludes halogenated alkanes) is 2. The lowest BCUT2D eigenvalue weighted by molar-refractivity contribution is -0.120. The monoisotopic (exact) mass is 406 g/mol. The summed E-state index contributed by atoms with van der Waals surface area (Å²) in [5.74, 6) is 1.55. The molecular formula is C19H22N2O4S2. The predicted octanol–water partition coefficient (Wildman–Crippen LogP) is 3.70. The summed E-state index contributed by atoms with van der Waals surface area (Å²) in [6, 6.07) is 5.20. The van der Waals surface area contributed by atoms with Gasteiger partial charge in [-0.1, -0.05) is 31.5 Å². The number of hydrogen-bond acceptors (Lipinski definition) is 7. The highest BCUT2D eigenvalue weighted by Gasteiger charge is 2.17. The SMILES string of the molecule is CCCCCNC(=O)Cc1csc(SCC(=O)c2ccc3c(c2)OCO3)n1. The second-order valence-electron chi connectivity index (χ2n) is 6.12. The van der Waals surface area contributed by atoms with Crippen LogP contribution >= 0.6 is 23.1 Å². The molecule has 1 aromatic heterocycles. The summed E-state index contributed by atoms with van der Waals surface area (Å²) < 4.78 is 11.3. The molecule has 2 aromatic rings. The maximum Gasteiger partial charge on any atom is 0.231 e. The number of ether oxygens (including phenoxy) is 2. The first kappa shape index (κ1) is 19.7. The van der Waals surface area contributed by atoms with E-state index < -0.39 is 0 Å². The summed E-state index contributed by atoms with van der Waals surface area (Å²) in [6.07, 6.45) is 3.53. The second-order valence-corrected chi connectivity index (χ2v) is 8.20. The zero-order chi connectivity index (χ0) is 19.1. The van der Waals surface area contributed by atoms with Crippen LogP contribution in [0.1, 0.15) is 42.2 Å². The van der Waals surface area contributed by atoms with Crippen LogP contribution in [0.3, 0.4) is 0 Å². The maximum absolute atomic E-state index is 12.4. The van der Waals surface area contributed by atoms with E-state index in [4.69, 9.17) is 9.47 Å². The first-order valence-corrected chi connectivity index (χ1v) is 10.8. The summed E-state index contributed by atoms with van der Waals surface area (Å²) in [7, 11) is 0. The lowest BCUT2D eigenvalue weighted by atomic mass is 10.1. The highest BCUT2D eigenvalue weighted by atomic mass is 32.2. The van der Waals surface area contributed by atoms with Crippen LogP contribution in [-0.4, -0.2) is 35.8 Å². The highest BCUT2D eigenvalue weighted by Crippen LogP contribution is 2.33. The first-order chi connectivity index (χ1) is 13.2. The van der Waals surface area contributed by atoms with Gasteiger partial charge in [-0.15, -0.1) is 11.3 Å². The largest absolute Gasteiger partial charge is 0.454 e. The molecule has 0 fully saturated rings. The van der Waals surface area contributed by atoms with E-state index in [0.29, 0.717) is 23.6 Å².